The number of rotatable bonds is 5. The lowest BCUT2D eigenvalue weighted by Gasteiger charge is -2.11. The van der Waals surface area contributed by atoms with Crippen molar-refractivity contribution in [1.29, 1.82) is 0 Å². The Morgan fingerprint density at radius 2 is 2.17 bits per heavy atom. The molecule has 5 nitrogen and oxygen atoms in total. The van der Waals surface area contributed by atoms with Crippen LogP contribution in [0.3, 0.4) is 0 Å². The highest BCUT2D eigenvalue weighted by Gasteiger charge is 2.29. The second-order valence-electron chi connectivity index (χ2n) is 5.65. The van der Waals surface area contributed by atoms with Crippen LogP contribution >= 0.6 is 24.0 Å². The van der Waals surface area contributed by atoms with Gasteiger partial charge in [-0.15, -0.1) is 12.4 Å². The van der Waals surface area contributed by atoms with Crippen molar-refractivity contribution >= 4 is 29.9 Å². The molecule has 3 rings (SSSR count). The van der Waals surface area contributed by atoms with Crippen molar-refractivity contribution in [3.05, 3.63) is 40.6 Å². The van der Waals surface area contributed by atoms with Crippen LogP contribution in [0.5, 0.6) is 0 Å². The zero-order valence-corrected chi connectivity index (χ0v) is 14.3. The number of hydrogen-bond donors (Lipinski definition) is 2. The summed E-state index contributed by atoms with van der Waals surface area (Å²) in [6.45, 7) is 2.17. The first kappa shape index (κ1) is 17.8. The molecule has 1 aliphatic carbocycles. The first-order valence-electron chi connectivity index (χ1n) is 7.33. The van der Waals surface area contributed by atoms with E-state index in [1.54, 1.807) is 13.0 Å². The minimum atomic E-state index is -0.232. The SMILES string of the molecule is Cc1onc(-c2ccccc2Cl)c1C(=O)NCC(N)C1CC1.Cl. The Balaban J connectivity index is 0.00000192. The summed E-state index contributed by atoms with van der Waals surface area (Å²) in [5.74, 6) is 0.768. The van der Waals surface area contributed by atoms with Crippen molar-refractivity contribution in [3.8, 4) is 11.3 Å². The van der Waals surface area contributed by atoms with Gasteiger partial charge in [-0.1, -0.05) is 35.0 Å². The van der Waals surface area contributed by atoms with Gasteiger partial charge in [0.15, 0.2) is 0 Å². The zero-order valence-electron chi connectivity index (χ0n) is 12.7. The van der Waals surface area contributed by atoms with Crippen LogP contribution in [-0.4, -0.2) is 23.7 Å². The fourth-order valence-electron chi connectivity index (χ4n) is 2.47. The number of halogens is 2. The number of aryl methyl sites for hydroxylation is 1. The molecule has 1 aliphatic rings. The lowest BCUT2D eigenvalue weighted by molar-refractivity contribution is 0.0949. The summed E-state index contributed by atoms with van der Waals surface area (Å²) in [5, 5.41) is 7.39. The van der Waals surface area contributed by atoms with Gasteiger partial charge in [-0.25, -0.2) is 0 Å². The molecular weight excluding hydrogens is 337 g/mol. The van der Waals surface area contributed by atoms with Gasteiger partial charge in [-0.2, -0.15) is 0 Å². The van der Waals surface area contributed by atoms with E-state index in [9.17, 15) is 4.79 Å². The Kier molecular flexibility index (Phi) is 5.68. The third kappa shape index (κ3) is 3.86. The van der Waals surface area contributed by atoms with Gasteiger partial charge in [-0.3, -0.25) is 4.79 Å². The van der Waals surface area contributed by atoms with E-state index < -0.39 is 0 Å². The number of carbonyl (C=O) groups is 1. The average molecular weight is 356 g/mol. The number of nitrogens with two attached hydrogens (primary N) is 1. The maximum Gasteiger partial charge on any atom is 0.257 e. The van der Waals surface area contributed by atoms with Gasteiger partial charge in [0.2, 0.25) is 0 Å². The molecule has 23 heavy (non-hydrogen) atoms. The van der Waals surface area contributed by atoms with E-state index in [-0.39, 0.29) is 24.4 Å². The van der Waals surface area contributed by atoms with E-state index in [1.165, 1.54) is 0 Å². The van der Waals surface area contributed by atoms with Crippen LogP contribution in [-0.2, 0) is 0 Å². The minimum absolute atomic E-state index is 0. The van der Waals surface area contributed by atoms with Crippen molar-refractivity contribution in [2.24, 2.45) is 11.7 Å². The lowest BCUT2D eigenvalue weighted by atomic mass is 10.1. The predicted octanol–water partition coefficient (Wildman–Crippen LogP) is 3.19. The number of carbonyl (C=O) groups excluding carboxylic acids is 1. The van der Waals surface area contributed by atoms with Crippen LogP contribution in [0.15, 0.2) is 28.8 Å². The summed E-state index contributed by atoms with van der Waals surface area (Å²) >= 11 is 6.19. The molecule has 0 saturated heterocycles. The number of amides is 1. The summed E-state index contributed by atoms with van der Waals surface area (Å²) < 4.78 is 5.19. The molecule has 1 atom stereocenters. The van der Waals surface area contributed by atoms with Gasteiger partial charge in [0.1, 0.15) is 17.0 Å². The maximum atomic E-state index is 12.5. The third-order valence-electron chi connectivity index (χ3n) is 3.94. The second kappa shape index (κ2) is 7.34. The average Bonchev–Trinajstić information content (AvgIpc) is 3.28. The van der Waals surface area contributed by atoms with Crippen molar-refractivity contribution < 1.29 is 9.32 Å². The smallest absolute Gasteiger partial charge is 0.257 e. The van der Waals surface area contributed by atoms with Gasteiger partial charge >= 0.3 is 0 Å². The van der Waals surface area contributed by atoms with E-state index in [0.717, 1.165) is 12.8 Å². The molecule has 1 aromatic carbocycles. The molecule has 1 amide bonds. The Morgan fingerprint density at radius 1 is 1.48 bits per heavy atom. The quantitative estimate of drug-likeness (QED) is 0.862. The number of nitrogens with one attached hydrogen (secondary N) is 1. The fraction of sp³-hybridized carbons (Fsp3) is 0.375. The Hall–Kier alpha value is -1.56. The van der Waals surface area contributed by atoms with Crippen molar-refractivity contribution in [2.75, 3.05) is 6.54 Å². The van der Waals surface area contributed by atoms with Crippen LogP contribution in [0, 0.1) is 12.8 Å². The van der Waals surface area contributed by atoms with Gasteiger partial charge < -0.3 is 15.6 Å². The maximum absolute atomic E-state index is 12.5. The Bertz CT molecular complexity index is 698. The molecule has 0 spiro atoms. The summed E-state index contributed by atoms with van der Waals surface area (Å²) in [6.07, 6.45) is 2.29. The van der Waals surface area contributed by atoms with Crippen LogP contribution in [0.2, 0.25) is 5.02 Å². The number of aromatic nitrogens is 1. The third-order valence-corrected chi connectivity index (χ3v) is 4.27. The lowest BCUT2D eigenvalue weighted by Crippen LogP contribution is -2.38. The number of nitrogens with zero attached hydrogens (tertiary/aromatic N) is 1. The van der Waals surface area contributed by atoms with E-state index in [0.29, 0.717) is 40.1 Å². The van der Waals surface area contributed by atoms with Crippen LogP contribution in [0.4, 0.5) is 0 Å². The fourth-order valence-corrected chi connectivity index (χ4v) is 2.69. The first-order valence-corrected chi connectivity index (χ1v) is 7.70. The highest BCUT2D eigenvalue weighted by molar-refractivity contribution is 6.33. The molecule has 0 radical (unpaired) electrons. The number of benzene rings is 1. The van der Waals surface area contributed by atoms with Crippen molar-refractivity contribution in [1.82, 2.24) is 10.5 Å². The number of hydrogen-bond acceptors (Lipinski definition) is 4. The molecule has 3 N–H and O–H groups in total. The Labute approximate surface area is 146 Å². The van der Waals surface area contributed by atoms with Gasteiger partial charge in [0, 0.05) is 18.2 Å². The van der Waals surface area contributed by atoms with E-state index in [1.807, 2.05) is 18.2 Å². The van der Waals surface area contributed by atoms with Crippen LogP contribution in [0.25, 0.3) is 11.3 Å². The zero-order chi connectivity index (χ0) is 15.7. The summed E-state index contributed by atoms with van der Waals surface area (Å²) in [6, 6.07) is 7.24. The molecule has 1 aromatic heterocycles. The summed E-state index contributed by atoms with van der Waals surface area (Å²) in [4.78, 5) is 12.5. The highest BCUT2D eigenvalue weighted by atomic mass is 35.5. The molecular formula is C16H19Cl2N3O2. The van der Waals surface area contributed by atoms with E-state index in [2.05, 4.69) is 10.5 Å². The van der Waals surface area contributed by atoms with Gasteiger partial charge in [0.25, 0.3) is 5.91 Å². The van der Waals surface area contributed by atoms with E-state index >= 15 is 0 Å². The van der Waals surface area contributed by atoms with Crippen molar-refractivity contribution in [3.63, 3.8) is 0 Å². The minimum Gasteiger partial charge on any atom is -0.360 e. The molecule has 7 heteroatoms. The highest BCUT2D eigenvalue weighted by Crippen LogP contribution is 2.32. The standard InChI is InChI=1S/C16H18ClN3O2.ClH/c1-9-14(16(21)19-8-13(18)10-6-7-10)15(20-22-9)11-4-2-3-5-12(11)17;/h2-5,10,13H,6-8,18H2,1H3,(H,19,21);1H. The molecule has 1 fully saturated rings. The second-order valence-corrected chi connectivity index (χ2v) is 6.06. The largest absolute Gasteiger partial charge is 0.360 e. The monoisotopic (exact) mass is 355 g/mol. The molecule has 0 bridgehead atoms. The normalized spacial score (nSPS) is 14.9. The topological polar surface area (TPSA) is 81.2 Å². The summed E-state index contributed by atoms with van der Waals surface area (Å²) in [5.41, 5.74) is 7.57. The molecule has 1 heterocycles. The van der Waals surface area contributed by atoms with Crippen molar-refractivity contribution in [2.45, 2.75) is 25.8 Å². The molecule has 1 unspecified atom stereocenters. The predicted molar refractivity (Wildman–Crippen MR) is 92.0 cm³/mol. The molecule has 0 aliphatic heterocycles. The molecule has 124 valence electrons. The summed E-state index contributed by atoms with van der Waals surface area (Å²) in [7, 11) is 0. The van der Waals surface area contributed by atoms with Crippen LogP contribution in [0.1, 0.15) is 29.0 Å². The Morgan fingerprint density at radius 3 is 2.83 bits per heavy atom. The van der Waals surface area contributed by atoms with Gasteiger partial charge in [0.05, 0.1) is 5.02 Å². The van der Waals surface area contributed by atoms with Crippen LogP contribution < -0.4 is 11.1 Å². The van der Waals surface area contributed by atoms with E-state index in [4.69, 9.17) is 21.9 Å². The molecule has 2 aromatic rings. The molecule has 1 saturated carbocycles. The first-order chi connectivity index (χ1) is 10.6. The van der Waals surface area contributed by atoms with Gasteiger partial charge in [-0.05, 0) is 31.7 Å².